The highest BCUT2D eigenvalue weighted by atomic mass is 32.2. The van der Waals surface area contributed by atoms with Crippen molar-refractivity contribution in [1.82, 2.24) is 9.29 Å². The van der Waals surface area contributed by atoms with Crippen molar-refractivity contribution in [3.63, 3.8) is 0 Å². The van der Waals surface area contributed by atoms with Crippen molar-refractivity contribution in [2.45, 2.75) is 18.0 Å². The first-order chi connectivity index (χ1) is 15.1. The largest absolute Gasteiger partial charge is 0.340 e. The van der Waals surface area contributed by atoms with Gasteiger partial charge in [0, 0.05) is 25.0 Å². The highest BCUT2D eigenvalue weighted by Crippen LogP contribution is 2.22. The Morgan fingerprint density at radius 1 is 0.677 bits per heavy atom. The summed E-state index contributed by atoms with van der Waals surface area (Å²) in [4.78, 5) is 4.48. The van der Waals surface area contributed by atoms with Crippen LogP contribution in [-0.2, 0) is 23.1 Å². The van der Waals surface area contributed by atoms with Gasteiger partial charge in [0.05, 0.1) is 0 Å². The zero-order valence-electron chi connectivity index (χ0n) is 16.9. The number of benzene rings is 3. The summed E-state index contributed by atoms with van der Waals surface area (Å²) in [6.07, 6.45) is 1.41. The summed E-state index contributed by atoms with van der Waals surface area (Å²) in [6, 6.07) is 32.1. The molecule has 0 atom stereocenters. The van der Waals surface area contributed by atoms with Crippen LogP contribution in [0.1, 0.15) is 11.1 Å². The molecule has 0 saturated carbocycles. The lowest BCUT2D eigenvalue weighted by Gasteiger charge is -2.22. The zero-order valence-corrected chi connectivity index (χ0v) is 17.7. The molecule has 3 aromatic carbocycles. The van der Waals surface area contributed by atoms with Crippen LogP contribution in [0.4, 0.5) is 11.5 Å². The number of nitrogens with one attached hydrogen (secondary N) is 1. The molecule has 5 nitrogen and oxygen atoms in total. The van der Waals surface area contributed by atoms with E-state index in [-0.39, 0.29) is 18.0 Å². The molecule has 1 heterocycles. The first-order valence-electron chi connectivity index (χ1n) is 9.97. The number of para-hydroxylation sites is 1. The average Bonchev–Trinajstić information content (AvgIpc) is 2.81. The van der Waals surface area contributed by atoms with Gasteiger partial charge in [-0.1, -0.05) is 78.9 Å². The van der Waals surface area contributed by atoms with Crippen LogP contribution in [0.15, 0.2) is 114 Å². The van der Waals surface area contributed by atoms with E-state index < -0.39 is 10.0 Å². The molecule has 0 aliphatic heterocycles. The zero-order chi connectivity index (χ0) is 21.5. The Morgan fingerprint density at radius 2 is 1.19 bits per heavy atom. The topological polar surface area (TPSA) is 62.3 Å². The Labute approximate surface area is 183 Å². The van der Waals surface area contributed by atoms with Crippen LogP contribution >= 0.6 is 0 Å². The van der Waals surface area contributed by atoms with Gasteiger partial charge < -0.3 is 5.32 Å². The van der Waals surface area contributed by atoms with E-state index in [4.69, 9.17) is 0 Å². The fourth-order valence-corrected chi connectivity index (χ4v) is 4.59. The highest BCUT2D eigenvalue weighted by molar-refractivity contribution is 7.89. The number of anilines is 2. The minimum atomic E-state index is -3.74. The number of hydrogen-bond donors (Lipinski definition) is 1. The van der Waals surface area contributed by atoms with E-state index in [2.05, 4.69) is 10.3 Å². The van der Waals surface area contributed by atoms with Crippen LogP contribution in [0.5, 0.6) is 0 Å². The van der Waals surface area contributed by atoms with Crippen molar-refractivity contribution in [3.05, 3.63) is 120 Å². The Bertz CT molecular complexity index is 1160. The monoisotopic (exact) mass is 429 g/mol. The molecule has 1 aromatic heterocycles. The van der Waals surface area contributed by atoms with Crippen molar-refractivity contribution in [2.75, 3.05) is 5.32 Å². The molecular weight excluding hydrogens is 406 g/mol. The van der Waals surface area contributed by atoms with Gasteiger partial charge in [-0.25, -0.2) is 13.4 Å². The summed E-state index contributed by atoms with van der Waals surface area (Å²) >= 11 is 0. The minimum absolute atomic E-state index is 0.165. The van der Waals surface area contributed by atoms with E-state index in [9.17, 15) is 8.42 Å². The summed E-state index contributed by atoms with van der Waals surface area (Å²) in [5.41, 5.74) is 2.75. The third-order valence-corrected chi connectivity index (χ3v) is 6.60. The second-order valence-corrected chi connectivity index (χ2v) is 9.05. The molecule has 1 N–H and O–H groups in total. The van der Waals surface area contributed by atoms with Gasteiger partial charge in [-0.05, 0) is 35.4 Å². The molecule has 0 unspecified atom stereocenters. The fourth-order valence-electron chi connectivity index (χ4n) is 3.23. The maximum atomic E-state index is 13.5. The van der Waals surface area contributed by atoms with Gasteiger partial charge in [0.1, 0.15) is 10.7 Å². The molecule has 0 amide bonds. The van der Waals surface area contributed by atoms with Gasteiger partial charge in [0.25, 0.3) is 0 Å². The second-order valence-electron chi connectivity index (χ2n) is 7.11. The lowest BCUT2D eigenvalue weighted by molar-refractivity contribution is 0.401. The number of nitrogens with zero attached hydrogens (tertiary/aromatic N) is 2. The van der Waals surface area contributed by atoms with E-state index in [0.29, 0.717) is 5.82 Å². The fraction of sp³-hybridized carbons (Fsp3) is 0.0800. The van der Waals surface area contributed by atoms with Crippen molar-refractivity contribution >= 4 is 21.5 Å². The van der Waals surface area contributed by atoms with Crippen molar-refractivity contribution in [1.29, 1.82) is 0 Å². The molecule has 156 valence electrons. The molecule has 0 radical (unpaired) electrons. The minimum Gasteiger partial charge on any atom is -0.340 e. The predicted octanol–water partition coefficient (Wildman–Crippen LogP) is 5.22. The molecule has 4 aromatic rings. The Kier molecular flexibility index (Phi) is 6.40. The van der Waals surface area contributed by atoms with Crippen molar-refractivity contribution < 1.29 is 8.42 Å². The maximum absolute atomic E-state index is 13.5. The van der Waals surface area contributed by atoms with E-state index in [1.165, 1.54) is 10.5 Å². The van der Waals surface area contributed by atoms with Crippen LogP contribution in [0.2, 0.25) is 0 Å². The normalized spacial score (nSPS) is 11.4. The number of sulfonamides is 1. The SMILES string of the molecule is O=S(=O)(c1ccc(Nc2ccccc2)nc1)N(Cc1ccccc1)Cc1ccccc1. The molecule has 0 fully saturated rings. The highest BCUT2D eigenvalue weighted by Gasteiger charge is 2.25. The van der Waals surface area contributed by atoms with Crippen LogP contribution < -0.4 is 5.32 Å². The van der Waals surface area contributed by atoms with Gasteiger partial charge in [0.2, 0.25) is 10.0 Å². The summed E-state index contributed by atoms with van der Waals surface area (Å²) < 4.78 is 28.4. The molecular formula is C25H23N3O2S. The second kappa shape index (κ2) is 9.55. The lowest BCUT2D eigenvalue weighted by atomic mass is 10.2. The number of pyridine rings is 1. The Hall–Kier alpha value is -3.48. The molecule has 0 aliphatic carbocycles. The average molecular weight is 430 g/mol. The summed E-state index contributed by atoms with van der Waals surface area (Å²) in [6.45, 7) is 0.560. The van der Waals surface area contributed by atoms with Gasteiger partial charge >= 0.3 is 0 Å². The number of rotatable bonds is 8. The smallest absolute Gasteiger partial charge is 0.245 e. The molecule has 0 saturated heterocycles. The summed E-state index contributed by atoms with van der Waals surface area (Å²) in [7, 11) is -3.74. The quantitative estimate of drug-likeness (QED) is 0.417. The third kappa shape index (κ3) is 5.36. The van der Waals surface area contributed by atoms with Crippen LogP contribution in [0.3, 0.4) is 0 Å². The first-order valence-corrected chi connectivity index (χ1v) is 11.4. The summed E-state index contributed by atoms with van der Waals surface area (Å²) in [5.74, 6) is 0.586. The molecule has 4 rings (SSSR count). The lowest BCUT2D eigenvalue weighted by Crippen LogP contribution is -2.30. The van der Waals surface area contributed by atoms with Gasteiger partial charge in [-0.2, -0.15) is 4.31 Å². The van der Waals surface area contributed by atoms with Crippen molar-refractivity contribution in [2.24, 2.45) is 0 Å². The molecule has 6 heteroatoms. The number of hydrogen-bond acceptors (Lipinski definition) is 4. The Balaban J connectivity index is 1.59. The molecule has 0 bridgehead atoms. The van der Waals surface area contributed by atoms with Gasteiger partial charge in [-0.3, -0.25) is 0 Å². The van der Waals surface area contributed by atoms with Crippen LogP contribution in [-0.4, -0.2) is 17.7 Å². The molecule has 31 heavy (non-hydrogen) atoms. The number of aromatic nitrogens is 1. The first kappa shape index (κ1) is 20.8. The van der Waals surface area contributed by atoms with Crippen LogP contribution in [0.25, 0.3) is 0 Å². The third-order valence-electron chi connectivity index (χ3n) is 4.82. The van der Waals surface area contributed by atoms with E-state index in [0.717, 1.165) is 16.8 Å². The van der Waals surface area contributed by atoms with E-state index in [1.807, 2.05) is 91.0 Å². The maximum Gasteiger partial charge on any atom is 0.245 e. The van der Waals surface area contributed by atoms with E-state index >= 15 is 0 Å². The Morgan fingerprint density at radius 3 is 1.68 bits per heavy atom. The standard InChI is InChI=1S/C25H23N3O2S/c29-31(30,24-16-17-25(26-18-24)27-23-14-8-3-9-15-23)28(19-21-10-4-1-5-11-21)20-22-12-6-2-7-13-22/h1-18H,19-20H2,(H,26,27). The van der Waals surface area contributed by atoms with E-state index in [1.54, 1.807) is 12.1 Å². The molecule has 0 spiro atoms. The predicted molar refractivity (Wildman–Crippen MR) is 123 cm³/mol. The summed E-state index contributed by atoms with van der Waals surface area (Å²) in [5, 5.41) is 3.17. The van der Waals surface area contributed by atoms with Gasteiger partial charge in [0.15, 0.2) is 0 Å². The van der Waals surface area contributed by atoms with Gasteiger partial charge in [-0.15, -0.1) is 0 Å². The van der Waals surface area contributed by atoms with Crippen molar-refractivity contribution in [3.8, 4) is 0 Å². The van der Waals surface area contributed by atoms with Crippen LogP contribution in [0, 0.1) is 0 Å². The molecule has 0 aliphatic rings.